The van der Waals surface area contributed by atoms with E-state index in [1.165, 1.54) is 89.9 Å². The zero-order chi connectivity index (χ0) is 19.7. The van der Waals surface area contributed by atoms with Crippen LogP contribution in [0.1, 0.15) is 116 Å². The Labute approximate surface area is 168 Å². The lowest BCUT2D eigenvalue weighted by molar-refractivity contribution is 0.369. The second-order valence-electron chi connectivity index (χ2n) is 8.29. The molecule has 1 unspecified atom stereocenters. The maximum absolute atomic E-state index is 9.90. The molecule has 2 nitrogen and oxygen atoms in total. The summed E-state index contributed by atoms with van der Waals surface area (Å²) in [4.78, 5) is 0. The van der Waals surface area contributed by atoms with E-state index < -0.39 is 0 Å². The second kappa shape index (κ2) is 15.8. The van der Waals surface area contributed by atoms with Gasteiger partial charge in [0.2, 0.25) is 0 Å². The van der Waals surface area contributed by atoms with Gasteiger partial charge < -0.3 is 10.2 Å². The highest BCUT2D eigenvalue weighted by atomic mass is 16.3. The van der Waals surface area contributed by atoms with E-state index in [1.54, 1.807) is 18.2 Å². The topological polar surface area (TPSA) is 40.5 Å². The summed E-state index contributed by atoms with van der Waals surface area (Å²) in [6, 6.07) is 5.03. The summed E-state index contributed by atoms with van der Waals surface area (Å²) in [6.45, 7) is 4.56. The van der Waals surface area contributed by atoms with Crippen molar-refractivity contribution >= 4 is 0 Å². The van der Waals surface area contributed by atoms with E-state index in [0.29, 0.717) is 5.56 Å². The number of benzene rings is 1. The van der Waals surface area contributed by atoms with Crippen LogP contribution in [0.25, 0.3) is 0 Å². The Bertz CT molecular complexity index is 449. The van der Waals surface area contributed by atoms with Crippen molar-refractivity contribution < 1.29 is 10.2 Å². The zero-order valence-corrected chi connectivity index (χ0v) is 18.0. The van der Waals surface area contributed by atoms with Crippen molar-refractivity contribution in [2.24, 2.45) is 5.92 Å². The van der Waals surface area contributed by atoms with Gasteiger partial charge in [0.05, 0.1) is 0 Å². The molecular weight excluding hydrogens is 332 g/mol. The Morgan fingerprint density at radius 3 is 1.67 bits per heavy atom. The minimum absolute atomic E-state index is 0.234. The van der Waals surface area contributed by atoms with Crippen molar-refractivity contribution in [1.82, 2.24) is 0 Å². The van der Waals surface area contributed by atoms with Crippen LogP contribution in [0.4, 0.5) is 0 Å². The lowest BCUT2D eigenvalue weighted by atomic mass is 9.89. The van der Waals surface area contributed by atoms with Crippen molar-refractivity contribution in [3.63, 3.8) is 0 Å². The molecule has 156 valence electrons. The maximum atomic E-state index is 9.90. The third kappa shape index (κ3) is 11.3. The molecule has 0 aliphatic rings. The largest absolute Gasteiger partial charge is 0.508 e. The molecule has 0 heterocycles. The number of phenolic OH excluding ortho intramolecular Hbond substituents is 2. The van der Waals surface area contributed by atoms with Crippen molar-refractivity contribution in [3.05, 3.63) is 23.8 Å². The van der Waals surface area contributed by atoms with Crippen molar-refractivity contribution in [1.29, 1.82) is 0 Å². The molecule has 0 aromatic heterocycles. The van der Waals surface area contributed by atoms with Crippen LogP contribution in [0, 0.1) is 5.92 Å². The lowest BCUT2D eigenvalue weighted by Crippen LogP contribution is -2.02. The third-order valence-corrected chi connectivity index (χ3v) is 5.85. The minimum atomic E-state index is 0.234. The highest BCUT2D eigenvalue weighted by molar-refractivity contribution is 5.42. The van der Waals surface area contributed by atoms with Crippen LogP contribution in [0.5, 0.6) is 11.5 Å². The fraction of sp³-hybridized carbons (Fsp3) is 0.760. The van der Waals surface area contributed by atoms with Gasteiger partial charge >= 0.3 is 0 Å². The molecule has 0 radical (unpaired) electrons. The van der Waals surface area contributed by atoms with Crippen LogP contribution in [0.2, 0.25) is 0 Å². The molecule has 0 aliphatic heterocycles. The third-order valence-electron chi connectivity index (χ3n) is 5.85. The summed E-state index contributed by atoms with van der Waals surface area (Å²) in [5.41, 5.74) is 0.715. The van der Waals surface area contributed by atoms with E-state index in [1.807, 2.05) is 0 Å². The summed E-state index contributed by atoms with van der Waals surface area (Å²) in [5, 5.41) is 19.8. The van der Waals surface area contributed by atoms with E-state index in [2.05, 4.69) is 13.8 Å². The van der Waals surface area contributed by atoms with Gasteiger partial charge in [-0.1, -0.05) is 110 Å². The molecule has 27 heavy (non-hydrogen) atoms. The molecule has 2 heteroatoms. The number of aromatic hydroxyl groups is 2. The Hall–Kier alpha value is -1.18. The van der Waals surface area contributed by atoms with Gasteiger partial charge in [-0.2, -0.15) is 0 Å². The van der Waals surface area contributed by atoms with E-state index in [0.717, 1.165) is 18.8 Å². The molecule has 1 aromatic carbocycles. The Balaban J connectivity index is 2.25. The molecule has 0 spiro atoms. The van der Waals surface area contributed by atoms with Crippen molar-refractivity contribution in [2.45, 2.75) is 117 Å². The van der Waals surface area contributed by atoms with Gasteiger partial charge in [0.25, 0.3) is 0 Å². The van der Waals surface area contributed by atoms with E-state index in [9.17, 15) is 10.2 Å². The molecule has 1 rings (SSSR count). The molecule has 1 atom stereocenters. The fourth-order valence-electron chi connectivity index (χ4n) is 4.06. The lowest BCUT2D eigenvalue weighted by Gasteiger charge is -2.17. The molecule has 1 aromatic rings. The monoisotopic (exact) mass is 376 g/mol. The zero-order valence-electron chi connectivity index (χ0n) is 18.0. The standard InChI is InChI=1S/C25H44O2/c1-3-5-7-8-9-10-12-17-22(16-11-6-4-2)18-13-14-19-23-24(26)20-15-21-25(23)27/h15,20-22,26-27H,3-14,16-19H2,1-2H3. The van der Waals surface area contributed by atoms with E-state index in [4.69, 9.17) is 0 Å². The van der Waals surface area contributed by atoms with Crippen LogP contribution in [0.3, 0.4) is 0 Å². The predicted molar refractivity (Wildman–Crippen MR) is 118 cm³/mol. The van der Waals surface area contributed by atoms with Crippen LogP contribution in [-0.2, 0) is 6.42 Å². The number of unbranched alkanes of at least 4 members (excludes halogenated alkanes) is 9. The summed E-state index contributed by atoms with van der Waals surface area (Å²) in [7, 11) is 0. The average molecular weight is 377 g/mol. The van der Waals surface area contributed by atoms with Crippen LogP contribution in [0.15, 0.2) is 18.2 Å². The molecule has 0 aliphatic carbocycles. The second-order valence-corrected chi connectivity index (χ2v) is 8.29. The minimum Gasteiger partial charge on any atom is -0.508 e. The quantitative estimate of drug-likeness (QED) is 0.269. The summed E-state index contributed by atoms with van der Waals surface area (Å²) in [5.74, 6) is 1.33. The smallest absolute Gasteiger partial charge is 0.122 e. The first-order valence-corrected chi connectivity index (χ1v) is 11.7. The molecular formula is C25H44O2. The number of rotatable bonds is 17. The number of phenols is 2. The number of hydrogen-bond acceptors (Lipinski definition) is 2. The van der Waals surface area contributed by atoms with Crippen LogP contribution in [-0.4, -0.2) is 10.2 Å². The summed E-state index contributed by atoms with van der Waals surface area (Å²) >= 11 is 0. The molecule has 0 fully saturated rings. The normalized spacial score (nSPS) is 12.4. The van der Waals surface area contributed by atoms with Crippen LogP contribution < -0.4 is 0 Å². The van der Waals surface area contributed by atoms with Gasteiger partial charge in [0.1, 0.15) is 11.5 Å². The maximum Gasteiger partial charge on any atom is 0.122 e. The highest BCUT2D eigenvalue weighted by Gasteiger charge is 2.10. The molecule has 0 saturated heterocycles. The van der Waals surface area contributed by atoms with Gasteiger partial charge in [-0.15, -0.1) is 0 Å². The molecule has 0 bridgehead atoms. The SMILES string of the molecule is CCCCCCCCCC(CCCCC)CCCCc1c(O)cccc1O. The summed E-state index contributed by atoms with van der Waals surface area (Å²) < 4.78 is 0. The first-order valence-electron chi connectivity index (χ1n) is 11.7. The van der Waals surface area contributed by atoms with Gasteiger partial charge in [-0.3, -0.25) is 0 Å². The first-order chi connectivity index (χ1) is 13.2. The van der Waals surface area contributed by atoms with Crippen LogP contribution >= 0.6 is 0 Å². The molecule has 0 saturated carbocycles. The predicted octanol–water partition coefficient (Wildman–Crippen LogP) is 8.15. The fourth-order valence-corrected chi connectivity index (χ4v) is 4.06. The first kappa shape index (κ1) is 23.9. The average Bonchev–Trinajstić information content (AvgIpc) is 2.66. The van der Waals surface area contributed by atoms with E-state index >= 15 is 0 Å². The molecule has 2 N–H and O–H groups in total. The highest BCUT2D eigenvalue weighted by Crippen LogP contribution is 2.29. The summed E-state index contributed by atoms with van der Waals surface area (Å²) in [6.07, 6.45) is 20.9. The number of hydrogen-bond donors (Lipinski definition) is 2. The van der Waals surface area contributed by atoms with Crippen molar-refractivity contribution in [3.8, 4) is 11.5 Å². The van der Waals surface area contributed by atoms with Gasteiger partial charge in [0, 0.05) is 5.56 Å². The Morgan fingerprint density at radius 2 is 1.07 bits per heavy atom. The Morgan fingerprint density at radius 1 is 0.630 bits per heavy atom. The van der Waals surface area contributed by atoms with Gasteiger partial charge in [0.15, 0.2) is 0 Å². The Kier molecular flexibility index (Phi) is 14.0. The van der Waals surface area contributed by atoms with E-state index in [-0.39, 0.29) is 11.5 Å². The van der Waals surface area contributed by atoms with Gasteiger partial charge in [-0.25, -0.2) is 0 Å². The molecule has 0 amide bonds. The van der Waals surface area contributed by atoms with Crippen molar-refractivity contribution in [2.75, 3.05) is 0 Å². The van der Waals surface area contributed by atoms with Gasteiger partial charge in [-0.05, 0) is 30.9 Å².